The van der Waals surface area contributed by atoms with Crippen molar-refractivity contribution >= 4 is 5.57 Å². The summed E-state index contributed by atoms with van der Waals surface area (Å²) in [7, 11) is 0. The van der Waals surface area contributed by atoms with E-state index in [2.05, 4.69) is 5.16 Å². The van der Waals surface area contributed by atoms with Crippen molar-refractivity contribution in [1.82, 2.24) is 10.1 Å². The first-order chi connectivity index (χ1) is 9.33. The third kappa shape index (κ3) is 2.57. The van der Waals surface area contributed by atoms with Crippen LogP contribution in [-0.4, -0.2) is 16.6 Å². The lowest BCUT2D eigenvalue weighted by Gasteiger charge is -2.22. The minimum Gasteiger partial charge on any atom is -0.369 e. The molecule has 0 aliphatic carbocycles. The lowest BCUT2D eigenvalue weighted by molar-refractivity contribution is 0.395. The first kappa shape index (κ1) is 11.7. The third-order valence-corrected chi connectivity index (χ3v) is 3.02. The molecule has 0 bridgehead atoms. The fourth-order valence-electron chi connectivity index (χ4n) is 2.08. The zero-order valence-electron chi connectivity index (χ0n) is 10.3. The van der Waals surface area contributed by atoms with Crippen LogP contribution in [0.1, 0.15) is 11.3 Å². The van der Waals surface area contributed by atoms with Gasteiger partial charge in [-0.05, 0) is 6.07 Å². The minimum absolute atomic E-state index is 0.173. The van der Waals surface area contributed by atoms with Crippen LogP contribution < -0.4 is 0 Å². The van der Waals surface area contributed by atoms with Gasteiger partial charge in [-0.15, -0.1) is 0 Å². The highest BCUT2D eigenvalue weighted by Gasteiger charge is 2.11. The molecule has 0 amide bonds. The van der Waals surface area contributed by atoms with E-state index < -0.39 is 0 Å². The quantitative estimate of drug-likeness (QED) is 0.844. The summed E-state index contributed by atoms with van der Waals surface area (Å²) in [6.45, 7) is 1.30. The Kier molecular flexibility index (Phi) is 3.14. The van der Waals surface area contributed by atoms with Gasteiger partial charge in [-0.2, -0.15) is 0 Å². The van der Waals surface area contributed by atoms with Gasteiger partial charge in [-0.25, -0.2) is 4.39 Å². The Labute approximate surface area is 110 Å². The van der Waals surface area contributed by atoms with Crippen LogP contribution in [0.2, 0.25) is 0 Å². The van der Waals surface area contributed by atoms with E-state index in [-0.39, 0.29) is 5.82 Å². The van der Waals surface area contributed by atoms with Crippen LogP contribution in [0.3, 0.4) is 0 Å². The molecule has 3 nitrogen and oxygen atoms in total. The molecule has 3 rings (SSSR count). The van der Waals surface area contributed by atoms with Crippen molar-refractivity contribution in [3.63, 3.8) is 0 Å². The lowest BCUT2D eigenvalue weighted by atomic mass is 10.1. The number of rotatable bonds is 3. The number of benzene rings is 1. The number of hydrogen-bond acceptors (Lipinski definition) is 3. The molecule has 0 saturated carbocycles. The van der Waals surface area contributed by atoms with E-state index >= 15 is 0 Å². The highest BCUT2D eigenvalue weighted by molar-refractivity contribution is 5.71. The first-order valence-corrected chi connectivity index (χ1v) is 6.09. The molecular weight excluding hydrogens is 243 g/mol. The molecule has 0 fully saturated rings. The summed E-state index contributed by atoms with van der Waals surface area (Å²) in [4.78, 5) is 2.04. The maximum atomic E-state index is 13.6. The average Bonchev–Trinajstić information content (AvgIpc) is 2.96. The van der Waals surface area contributed by atoms with Crippen molar-refractivity contribution in [2.24, 2.45) is 0 Å². The monoisotopic (exact) mass is 256 g/mol. The third-order valence-electron chi connectivity index (χ3n) is 3.02. The Morgan fingerprint density at radius 2 is 2.16 bits per heavy atom. The van der Waals surface area contributed by atoms with Crippen LogP contribution >= 0.6 is 0 Å². The molecular formula is C15H13FN2O. The summed E-state index contributed by atoms with van der Waals surface area (Å²) in [5, 5.41) is 3.90. The van der Waals surface area contributed by atoms with Crippen LogP contribution in [-0.2, 0) is 6.54 Å². The molecule has 96 valence electrons. The first-order valence-electron chi connectivity index (χ1n) is 6.09. The van der Waals surface area contributed by atoms with Gasteiger partial charge in [0, 0.05) is 36.5 Å². The molecule has 0 spiro atoms. The van der Waals surface area contributed by atoms with E-state index in [1.807, 2.05) is 35.4 Å². The van der Waals surface area contributed by atoms with Crippen LogP contribution in [0.5, 0.6) is 0 Å². The molecule has 0 radical (unpaired) electrons. The average molecular weight is 256 g/mol. The van der Waals surface area contributed by atoms with Gasteiger partial charge >= 0.3 is 0 Å². The number of aromatic nitrogens is 1. The second-order valence-electron chi connectivity index (χ2n) is 4.39. The molecule has 0 N–H and O–H groups in total. The molecule has 1 aliphatic heterocycles. The largest absolute Gasteiger partial charge is 0.369 e. The second kappa shape index (κ2) is 5.10. The van der Waals surface area contributed by atoms with E-state index in [1.54, 1.807) is 18.4 Å². The Balaban J connectivity index is 1.80. The van der Waals surface area contributed by atoms with Gasteiger partial charge in [-0.1, -0.05) is 35.5 Å². The van der Waals surface area contributed by atoms with E-state index in [9.17, 15) is 4.39 Å². The van der Waals surface area contributed by atoms with Gasteiger partial charge in [0.1, 0.15) is 17.8 Å². The standard InChI is InChI=1S/C15H13FN2O/c16-14-6-2-1-4-12(14)10-18-8-3-5-13(11-18)15-7-9-19-17-15/h1-7,9,11H,8,10H2. The summed E-state index contributed by atoms with van der Waals surface area (Å²) < 4.78 is 18.5. The summed E-state index contributed by atoms with van der Waals surface area (Å²) >= 11 is 0. The number of nitrogens with zero attached hydrogens (tertiary/aromatic N) is 2. The van der Waals surface area contributed by atoms with Crippen LogP contribution in [0.25, 0.3) is 5.57 Å². The van der Waals surface area contributed by atoms with Crippen molar-refractivity contribution in [2.75, 3.05) is 6.54 Å². The van der Waals surface area contributed by atoms with E-state index in [0.29, 0.717) is 12.1 Å². The van der Waals surface area contributed by atoms with Crippen LogP contribution in [0.15, 0.2) is 59.5 Å². The normalized spacial score (nSPS) is 14.6. The van der Waals surface area contributed by atoms with Crippen molar-refractivity contribution in [2.45, 2.75) is 6.54 Å². The number of hydrogen-bond donors (Lipinski definition) is 0. The van der Waals surface area contributed by atoms with Gasteiger partial charge in [0.05, 0.1) is 0 Å². The Morgan fingerprint density at radius 1 is 1.26 bits per heavy atom. The molecule has 0 saturated heterocycles. The maximum Gasteiger partial charge on any atom is 0.128 e. The lowest BCUT2D eigenvalue weighted by Crippen LogP contribution is -2.20. The SMILES string of the molecule is Fc1ccccc1CN1C=C(c2ccon2)C=CC1. The fraction of sp³-hybridized carbons (Fsp3) is 0.133. The topological polar surface area (TPSA) is 29.3 Å². The van der Waals surface area contributed by atoms with Gasteiger partial charge < -0.3 is 9.42 Å². The summed E-state index contributed by atoms with van der Waals surface area (Å²) in [5.41, 5.74) is 2.44. The molecule has 1 aromatic carbocycles. The molecule has 2 aromatic rings. The van der Waals surface area contributed by atoms with Crippen LogP contribution in [0.4, 0.5) is 4.39 Å². The summed E-state index contributed by atoms with van der Waals surface area (Å²) in [6.07, 6.45) is 7.55. The van der Waals surface area contributed by atoms with Crippen molar-refractivity contribution < 1.29 is 8.91 Å². The van der Waals surface area contributed by atoms with Gasteiger partial charge in [-0.3, -0.25) is 0 Å². The van der Waals surface area contributed by atoms with E-state index in [1.165, 1.54) is 6.07 Å². The summed E-state index contributed by atoms with van der Waals surface area (Å²) in [5.74, 6) is -0.173. The molecule has 0 unspecified atom stereocenters. The van der Waals surface area contributed by atoms with E-state index in [4.69, 9.17) is 4.52 Å². The Bertz CT molecular complexity index is 617. The second-order valence-corrected chi connectivity index (χ2v) is 4.39. The number of allylic oxidation sites excluding steroid dienone is 2. The highest BCUT2D eigenvalue weighted by atomic mass is 19.1. The molecule has 1 aromatic heterocycles. The smallest absolute Gasteiger partial charge is 0.128 e. The van der Waals surface area contributed by atoms with Crippen LogP contribution in [0, 0.1) is 5.82 Å². The molecule has 2 heterocycles. The van der Waals surface area contributed by atoms with E-state index in [0.717, 1.165) is 17.8 Å². The predicted molar refractivity (Wildman–Crippen MR) is 70.4 cm³/mol. The highest BCUT2D eigenvalue weighted by Crippen LogP contribution is 2.20. The fourth-order valence-corrected chi connectivity index (χ4v) is 2.08. The van der Waals surface area contributed by atoms with Crippen molar-refractivity contribution in [3.05, 3.63) is 72.0 Å². The molecule has 19 heavy (non-hydrogen) atoms. The molecule has 1 aliphatic rings. The molecule has 4 heteroatoms. The zero-order valence-corrected chi connectivity index (χ0v) is 10.3. The minimum atomic E-state index is -0.173. The van der Waals surface area contributed by atoms with Crippen molar-refractivity contribution in [1.29, 1.82) is 0 Å². The van der Waals surface area contributed by atoms with Gasteiger partial charge in [0.15, 0.2) is 0 Å². The Morgan fingerprint density at radius 3 is 2.95 bits per heavy atom. The zero-order chi connectivity index (χ0) is 13.1. The number of halogens is 1. The summed E-state index contributed by atoms with van der Waals surface area (Å²) in [6, 6.07) is 8.64. The molecule has 0 atom stereocenters. The Hall–Kier alpha value is -2.36. The maximum absolute atomic E-state index is 13.6. The predicted octanol–water partition coefficient (Wildman–Crippen LogP) is 3.23. The van der Waals surface area contributed by atoms with Gasteiger partial charge in [0.2, 0.25) is 0 Å². The van der Waals surface area contributed by atoms with Crippen molar-refractivity contribution in [3.8, 4) is 0 Å². The van der Waals surface area contributed by atoms with Gasteiger partial charge in [0.25, 0.3) is 0 Å².